The largest absolute Gasteiger partial charge is 0.329 e. The summed E-state index contributed by atoms with van der Waals surface area (Å²) in [6.45, 7) is 3.76. The Hall–Kier alpha value is -0.450. The van der Waals surface area contributed by atoms with E-state index in [9.17, 15) is 4.39 Å². The molecule has 0 saturated heterocycles. The Labute approximate surface area is 116 Å². The third-order valence-corrected chi connectivity index (χ3v) is 4.37. The van der Waals surface area contributed by atoms with Crippen molar-refractivity contribution in [2.24, 2.45) is 17.6 Å². The van der Waals surface area contributed by atoms with Gasteiger partial charge in [-0.05, 0) is 48.9 Å². The maximum Gasteiger partial charge on any atom is 0.124 e. The Bertz CT molecular complexity index is 407. The van der Waals surface area contributed by atoms with Crippen molar-refractivity contribution < 1.29 is 4.39 Å². The van der Waals surface area contributed by atoms with E-state index >= 15 is 0 Å². The number of rotatable bonds is 6. The number of hydrogen-bond donors (Lipinski definition) is 2. The highest BCUT2D eigenvalue weighted by atomic mass is 79.9. The molecule has 4 heteroatoms. The quantitative estimate of drug-likeness (QED) is 0.846. The smallest absolute Gasteiger partial charge is 0.124 e. The van der Waals surface area contributed by atoms with Crippen LogP contribution in [0.3, 0.4) is 0 Å². The molecule has 0 bridgehead atoms. The van der Waals surface area contributed by atoms with Crippen LogP contribution in [0.5, 0.6) is 0 Å². The summed E-state index contributed by atoms with van der Waals surface area (Å²) in [5.74, 6) is 1.35. The van der Waals surface area contributed by atoms with E-state index in [0.29, 0.717) is 12.5 Å². The molecule has 1 aromatic carbocycles. The lowest BCUT2D eigenvalue weighted by atomic mass is 10.0. The van der Waals surface area contributed by atoms with Gasteiger partial charge in [-0.1, -0.05) is 28.9 Å². The SMILES string of the molecule is CC(CNC(CN)c1ccc(F)cc1Br)C1CC1. The second-order valence-corrected chi connectivity index (χ2v) is 6.03. The average Bonchev–Trinajstić information content (AvgIpc) is 3.15. The summed E-state index contributed by atoms with van der Waals surface area (Å²) < 4.78 is 13.8. The molecule has 0 radical (unpaired) electrons. The fraction of sp³-hybridized carbons (Fsp3) is 0.571. The van der Waals surface area contributed by atoms with Gasteiger partial charge in [-0.15, -0.1) is 0 Å². The monoisotopic (exact) mass is 314 g/mol. The molecule has 18 heavy (non-hydrogen) atoms. The van der Waals surface area contributed by atoms with Crippen molar-refractivity contribution >= 4 is 15.9 Å². The molecule has 2 unspecified atom stereocenters. The highest BCUT2D eigenvalue weighted by Gasteiger charge is 2.28. The summed E-state index contributed by atoms with van der Waals surface area (Å²) in [4.78, 5) is 0. The summed E-state index contributed by atoms with van der Waals surface area (Å²) in [5, 5.41) is 3.49. The molecular weight excluding hydrogens is 295 g/mol. The van der Waals surface area contributed by atoms with Crippen molar-refractivity contribution in [1.29, 1.82) is 0 Å². The summed E-state index contributed by atoms with van der Waals surface area (Å²) in [6, 6.07) is 4.85. The van der Waals surface area contributed by atoms with Crippen LogP contribution in [0.1, 0.15) is 31.4 Å². The third-order valence-electron chi connectivity index (χ3n) is 3.69. The molecule has 1 aromatic rings. The van der Waals surface area contributed by atoms with Gasteiger partial charge in [0, 0.05) is 17.1 Å². The van der Waals surface area contributed by atoms with Crippen molar-refractivity contribution in [3.63, 3.8) is 0 Å². The lowest BCUT2D eigenvalue weighted by molar-refractivity contribution is 0.422. The van der Waals surface area contributed by atoms with Crippen LogP contribution in [-0.4, -0.2) is 13.1 Å². The van der Waals surface area contributed by atoms with Crippen LogP contribution in [-0.2, 0) is 0 Å². The average molecular weight is 315 g/mol. The topological polar surface area (TPSA) is 38.0 Å². The van der Waals surface area contributed by atoms with Crippen molar-refractivity contribution in [3.8, 4) is 0 Å². The van der Waals surface area contributed by atoms with Crippen LogP contribution in [0, 0.1) is 17.7 Å². The summed E-state index contributed by atoms with van der Waals surface area (Å²) in [6.07, 6.45) is 2.72. The van der Waals surface area contributed by atoms with E-state index in [0.717, 1.165) is 22.5 Å². The van der Waals surface area contributed by atoms with Crippen molar-refractivity contribution in [2.45, 2.75) is 25.8 Å². The van der Waals surface area contributed by atoms with Gasteiger partial charge < -0.3 is 11.1 Å². The van der Waals surface area contributed by atoms with E-state index in [2.05, 4.69) is 28.2 Å². The molecule has 1 aliphatic carbocycles. The standard InChI is InChI=1S/C14H20BrFN2/c1-9(10-2-3-10)8-18-14(7-17)12-5-4-11(16)6-13(12)15/h4-6,9-10,14,18H,2-3,7-8,17H2,1H3. The van der Waals surface area contributed by atoms with Gasteiger partial charge in [0.05, 0.1) is 0 Å². The van der Waals surface area contributed by atoms with Crippen molar-refractivity contribution in [3.05, 3.63) is 34.1 Å². The molecule has 100 valence electrons. The van der Waals surface area contributed by atoms with Crippen LogP contribution < -0.4 is 11.1 Å². The Morgan fingerprint density at radius 1 is 1.50 bits per heavy atom. The molecule has 3 N–H and O–H groups in total. The van der Waals surface area contributed by atoms with Crippen molar-refractivity contribution in [2.75, 3.05) is 13.1 Å². The van der Waals surface area contributed by atoms with Gasteiger partial charge in [0.1, 0.15) is 5.82 Å². The van der Waals surface area contributed by atoms with Gasteiger partial charge in [-0.25, -0.2) is 4.39 Å². The molecule has 1 aliphatic rings. The first-order valence-corrected chi connectivity index (χ1v) is 7.29. The van der Waals surface area contributed by atoms with E-state index in [-0.39, 0.29) is 11.9 Å². The minimum atomic E-state index is -0.229. The van der Waals surface area contributed by atoms with Crippen LogP contribution >= 0.6 is 15.9 Å². The van der Waals surface area contributed by atoms with E-state index in [4.69, 9.17) is 5.73 Å². The zero-order valence-corrected chi connectivity index (χ0v) is 12.2. The molecular formula is C14H20BrFN2. The van der Waals surface area contributed by atoms with Gasteiger partial charge in [0.2, 0.25) is 0 Å². The minimum absolute atomic E-state index is 0.0844. The molecule has 1 saturated carbocycles. The Morgan fingerprint density at radius 2 is 2.22 bits per heavy atom. The van der Waals surface area contributed by atoms with Crippen LogP contribution in [0.2, 0.25) is 0 Å². The summed E-state index contributed by atoms with van der Waals surface area (Å²) >= 11 is 3.40. The first-order chi connectivity index (χ1) is 8.61. The van der Waals surface area contributed by atoms with Gasteiger partial charge in [0.25, 0.3) is 0 Å². The highest BCUT2D eigenvalue weighted by molar-refractivity contribution is 9.10. The van der Waals surface area contributed by atoms with E-state index in [1.54, 1.807) is 6.07 Å². The molecule has 2 nitrogen and oxygen atoms in total. The molecule has 0 aliphatic heterocycles. The maximum absolute atomic E-state index is 13.1. The fourth-order valence-electron chi connectivity index (χ4n) is 2.26. The predicted octanol–water partition coefficient (Wildman–Crippen LogP) is 3.22. The van der Waals surface area contributed by atoms with Crippen LogP contribution in [0.25, 0.3) is 0 Å². The minimum Gasteiger partial charge on any atom is -0.329 e. The number of nitrogens with two attached hydrogens (primary N) is 1. The van der Waals surface area contributed by atoms with Crippen LogP contribution in [0.15, 0.2) is 22.7 Å². The first-order valence-electron chi connectivity index (χ1n) is 6.50. The van der Waals surface area contributed by atoms with Crippen molar-refractivity contribution in [1.82, 2.24) is 5.32 Å². The normalized spacial score (nSPS) is 18.7. The second-order valence-electron chi connectivity index (χ2n) is 5.18. The molecule has 0 spiro atoms. The van der Waals surface area contributed by atoms with Gasteiger partial charge in [-0.2, -0.15) is 0 Å². The number of benzene rings is 1. The summed E-state index contributed by atoms with van der Waals surface area (Å²) in [5.41, 5.74) is 6.84. The molecule has 0 heterocycles. The zero-order valence-electron chi connectivity index (χ0n) is 10.6. The Kier molecular flexibility index (Phi) is 4.76. The Balaban J connectivity index is 1.98. The molecule has 1 fully saturated rings. The number of nitrogens with one attached hydrogen (secondary N) is 1. The van der Waals surface area contributed by atoms with E-state index < -0.39 is 0 Å². The second kappa shape index (κ2) is 6.13. The predicted molar refractivity (Wildman–Crippen MR) is 75.8 cm³/mol. The van der Waals surface area contributed by atoms with Gasteiger partial charge in [-0.3, -0.25) is 0 Å². The fourth-order valence-corrected chi connectivity index (χ4v) is 2.89. The van der Waals surface area contributed by atoms with E-state index in [1.165, 1.54) is 25.0 Å². The molecule has 0 amide bonds. The molecule has 2 rings (SSSR count). The number of hydrogen-bond acceptors (Lipinski definition) is 2. The maximum atomic E-state index is 13.1. The lowest BCUT2D eigenvalue weighted by Crippen LogP contribution is -2.32. The highest BCUT2D eigenvalue weighted by Crippen LogP contribution is 2.36. The lowest BCUT2D eigenvalue weighted by Gasteiger charge is -2.21. The number of halogens is 2. The van der Waals surface area contributed by atoms with Gasteiger partial charge >= 0.3 is 0 Å². The Morgan fingerprint density at radius 3 is 2.78 bits per heavy atom. The zero-order chi connectivity index (χ0) is 13.1. The summed E-state index contributed by atoms with van der Waals surface area (Å²) in [7, 11) is 0. The molecule has 0 aromatic heterocycles. The third kappa shape index (κ3) is 3.53. The van der Waals surface area contributed by atoms with E-state index in [1.807, 2.05) is 0 Å². The van der Waals surface area contributed by atoms with Gasteiger partial charge in [0.15, 0.2) is 0 Å². The first kappa shape index (κ1) is 14.0. The molecule has 2 atom stereocenters. The van der Waals surface area contributed by atoms with Crippen LogP contribution in [0.4, 0.5) is 4.39 Å².